The molecule has 5 nitrogen and oxygen atoms in total. The molecule has 17 heavy (non-hydrogen) atoms. The fourth-order valence-electron chi connectivity index (χ4n) is 1.58. The number of benzene rings is 1. The van der Waals surface area contributed by atoms with Crippen molar-refractivity contribution in [2.45, 2.75) is 6.61 Å². The third kappa shape index (κ3) is 2.34. The molecule has 1 aromatic heterocycles. The van der Waals surface area contributed by atoms with Crippen LogP contribution >= 0.6 is 0 Å². The van der Waals surface area contributed by atoms with Crippen molar-refractivity contribution < 1.29 is 14.6 Å². The van der Waals surface area contributed by atoms with E-state index in [1.165, 1.54) is 10.7 Å². The molecule has 0 amide bonds. The minimum absolute atomic E-state index is 0.0252. The number of carboxylic acid groups (broad SMARTS) is 1. The van der Waals surface area contributed by atoms with Gasteiger partial charge in [0, 0.05) is 18.9 Å². The minimum atomic E-state index is -1.03. The summed E-state index contributed by atoms with van der Waals surface area (Å²) in [6.45, 7) is 0.457. The number of carbonyl (C=O) groups is 1. The average Bonchev–Trinajstić information content (AvgIpc) is 2.79. The van der Waals surface area contributed by atoms with E-state index in [2.05, 4.69) is 5.10 Å². The summed E-state index contributed by atoms with van der Waals surface area (Å²) >= 11 is 0. The molecule has 0 fully saturated rings. The topological polar surface area (TPSA) is 64.3 Å². The van der Waals surface area contributed by atoms with Gasteiger partial charge >= 0.3 is 5.97 Å². The van der Waals surface area contributed by atoms with Crippen LogP contribution in [-0.2, 0) is 11.3 Å². The van der Waals surface area contributed by atoms with Gasteiger partial charge in [-0.25, -0.2) is 9.48 Å². The van der Waals surface area contributed by atoms with Crippen LogP contribution in [0.5, 0.6) is 0 Å². The fourth-order valence-corrected chi connectivity index (χ4v) is 1.58. The van der Waals surface area contributed by atoms with Crippen molar-refractivity contribution in [3.63, 3.8) is 0 Å². The van der Waals surface area contributed by atoms with Gasteiger partial charge in [0.2, 0.25) is 0 Å². The van der Waals surface area contributed by atoms with E-state index >= 15 is 0 Å². The standard InChI is InChI=1S/C12H12N2O3/c1-17-8-9-4-2-3-5-11(9)14-7-6-10(13-14)12(15)16/h2-7H,8H2,1H3,(H,15,16). The Labute approximate surface area is 98.3 Å². The van der Waals surface area contributed by atoms with Gasteiger partial charge in [0.25, 0.3) is 0 Å². The molecule has 1 N–H and O–H groups in total. The van der Waals surface area contributed by atoms with E-state index in [-0.39, 0.29) is 5.69 Å². The van der Waals surface area contributed by atoms with Crippen LogP contribution in [0, 0.1) is 0 Å². The highest BCUT2D eigenvalue weighted by atomic mass is 16.5. The van der Waals surface area contributed by atoms with Gasteiger partial charge < -0.3 is 9.84 Å². The molecule has 1 aromatic carbocycles. The van der Waals surface area contributed by atoms with Crippen LogP contribution in [0.4, 0.5) is 0 Å². The van der Waals surface area contributed by atoms with E-state index in [0.29, 0.717) is 6.61 Å². The van der Waals surface area contributed by atoms with Crippen molar-refractivity contribution in [1.29, 1.82) is 0 Å². The Morgan fingerprint density at radius 3 is 2.82 bits per heavy atom. The molecule has 0 spiro atoms. The zero-order chi connectivity index (χ0) is 12.3. The Kier molecular flexibility index (Phi) is 3.20. The van der Waals surface area contributed by atoms with Gasteiger partial charge in [-0.3, -0.25) is 0 Å². The summed E-state index contributed by atoms with van der Waals surface area (Å²) in [5.74, 6) is -1.03. The van der Waals surface area contributed by atoms with Gasteiger partial charge in [-0.05, 0) is 12.1 Å². The maximum absolute atomic E-state index is 10.8. The molecule has 88 valence electrons. The Balaban J connectivity index is 2.41. The molecule has 0 radical (unpaired) electrons. The third-order valence-corrected chi connectivity index (χ3v) is 2.35. The van der Waals surface area contributed by atoms with Crippen molar-refractivity contribution in [3.05, 3.63) is 47.8 Å². The summed E-state index contributed by atoms with van der Waals surface area (Å²) in [4.78, 5) is 10.8. The molecule has 0 aliphatic carbocycles. The summed E-state index contributed by atoms with van der Waals surface area (Å²) in [5.41, 5.74) is 1.80. The summed E-state index contributed by atoms with van der Waals surface area (Å²) < 4.78 is 6.63. The molecular formula is C12H12N2O3. The normalized spacial score (nSPS) is 10.4. The number of hydrogen-bond acceptors (Lipinski definition) is 3. The summed E-state index contributed by atoms with van der Waals surface area (Å²) in [5, 5.41) is 12.8. The zero-order valence-electron chi connectivity index (χ0n) is 9.33. The molecule has 2 rings (SSSR count). The van der Waals surface area contributed by atoms with E-state index in [0.717, 1.165) is 11.3 Å². The number of para-hydroxylation sites is 1. The highest BCUT2D eigenvalue weighted by Crippen LogP contribution is 2.14. The smallest absolute Gasteiger partial charge is 0.356 e. The molecule has 0 bridgehead atoms. The maximum Gasteiger partial charge on any atom is 0.356 e. The molecule has 0 aliphatic heterocycles. The number of carboxylic acids is 1. The van der Waals surface area contributed by atoms with Crippen molar-refractivity contribution in [1.82, 2.24) is 9.78 Å². The number of methoxy groups -OCH3 is 1. The Morgan fingerprint density at radius 1 is 1.41 bits per heavy atom. The molecule has 0 saturated heterocycles. The summed E-state index contributed by atoms with van der Waals surface area (Å²) in [6, 6.07) is 9.02. The van der Waals surface area contributed by atoms with E-state index in [1.54, 1.807) is 13.3 Å². The van der Waals surface area contributed by atoms with Crippen molar-refractivity contribution in [3.8, 4) is 5.69 Å². The molecule has 0 atom stereocenters. The van der Waals surface area contributed by atoms with Gasteiger partial charge in [-0.1, -0.05) is 18.2 Å². The van der Waals surface area contributed by atoms with E-state index in [9.17, 15) is 4.79 Å². The number of rotatable bonds is 4. The van der Waals surface area contributed by atoms with E-state index < -0.39 is 5.97 Å². The minimum Gasteiger partial charge on any atom is -0.476 e. The van der Waals surface area contributed by atoms with Gasteiger partial charge in [0.15, 0.2) is 5.69 Å². The first-order chi connectivity index (χ1) is 8.22. The highest BCUT2D eigenvalue weighted by molar-refractivity contribution is 5.85. The molecule has 5 heteroatoms. The summed E-state index contributed by atoms with van der Waals surface area (Å²) in [6.07, 6.45) is 1.62. The molecule has 0 aliphatic rings. The fraction of sp³-hybridized carbons (Fsp3) is 0.167. The van der Waals surface area contributed by atoms with Gasteiger partial charge in [-0.15, -0.1) is 0 Å². The maximum atomic E-state index is 10.8. The van der Waals surface area contributed by atoms with Gasteiger partial charge in [0.05, 0.1) is 12.3 Å². The van der Waals surface area contributed by atoms with Crippen LogP contribution < -0.4 is 0 Å². The van der Waals surface area contributed by atoms with Crippen LogP contribution in [-0.4, -0.2) is 28.0 Å². The highest BCUT2D eigenvalue weighted by Gasteiger charge is 2.09. The zero-order valence-corrected chi connectivity index (χ0v) is 9.33. The Bertz CT molecular complexity index is 534. The van der Waals surface area contributed by atoms with E-state index in [4.69, 9.17) is 9.84 Å². The lowest BCUT2D eigenvalue weighted by Crippen LogP contribution is -2.04. The van der Waals surface area contributed by atoms with Crippen molar-refractivity contribution in [2.75, 3.05) is 7.11 Å². The lowest BCUT2D eigenvalue weighted by Gasteiger charge is -2.08. The van der Waals surface area contributed by atoms with Crippen LogP contribution in [0.3, 0.4) is 0 Å². The lowest BCUT2D eigenvalue weighted by molar-refractivity contribution is 0.0690. The van der Waals surface area contributed by atoms with Crippen LogP contribution in [0.1, 0.15) is 16.1 Å². The molecular weight excluding hydrogens is 220 g/mol. The van der Waals surface area contributed by atoms with Crippen LogP contribution in [0.2, 0.25) is 0 Å². The SMILES string of the molecule is COCc1ccccc1-n1ccc(C(=O)O)n1. The van der Waals surface area contributed by atoms with Gasteiger partial charge in [-0.2, -0.15) is 5.10 Å². The largest absolute Gasteiger partial charge is 0.476 e. The van der Waals surface area contributed by atoms with Crippen molar-refractivity contribution in [2.24, 2.45) is 0 Å². The number of aromatic nitrogens is 2. The van der Waals surface area contributed by atoms with Crippen LogP contribution in [0.25, 0.3) is 5.69 Å². The Hall–Kier alpha value is -2.14. The van der Waals surface area contributed by atoms with Crippen LogP contribution in [0.15, 0.2) is 36.5 Å². The average molecular weight is 232 g/mol. The number of hydrogen-bond donors (Lipinski definition) is 1. The van der Waals surface area contributed by atoms with Gasteiger partial charge in [0.1, 0.15) is 0 Å². The Morgan fingerprint density at radius 2 is 2.18 bits per heavy atom. The van der Waals surface area contributed by atoms with Crippen molar-refractivity contribution >= 4 is 5.97 Å². The molecule has 2 aromatic rings. The molecule has 1 heterocycles. The number of ether oxygens (including phenoxy) is 1. The molecule has 0 saturated carbocycles. The monoisotopic (exact) mass is 232 g/mol. The first-order valence-electron chi connectivity index (χ1n) is 5.08. The summed E-state index contributed by atoms with van der Waals surface area (Å²) in [7, 11) is 1.61. The second-order valence-corrected chi connectivity index (χ2v) is 3.51. The third-order valence-electron chi connectivity index (χ3n) is 2.35. The first kappa shape index (κ1) is 11.3. The predicted molar refractivity (Wildman–Crippen MR) is 61.2 cm³/mol. The number of nitrogens with zero attached hydrogens (tertiary/aromatic N) is 2. The quantitative estimate of drug-likeness (QED) is 0.871. The first-order valence-corrected chi connectivity index (χ1v) is 5.08. The lowest BCUT2D eigenvalue weighted by atomic mass is 10.2. The second kappa shape index (κ2) is 4.80. The van der Waals surface area contributed by atoms with E-state index in [1.807, 2.05) is 24.3 Å². The number of aromatic carboxylic acids is 1. The predicted octanol–water partition coefficient (Wildman–Crippen LogP) is 1.72. The second-order valence-electron chi connectivity index (χ2n) is 3.51. The molecule has 0 unspecified atom stereocenters.